The zero-order chi connectivity index (χ0) is 13.9. The molecule has 1 aromatic rings. The van der Waals surface area contributed by atoms with E-state index < -0.39 is 0 Å². The number of nitrogens with one attached hydrogen (secondary N) is 1. The minimum Gasteiger partial charge on any atom is -0.493 e. The zero-order valence-corrected chi connectivity index (χ0v) is 12.3. The van der Waals surface area contributed by atoms with Crippen molar-refractivity contribution in [2.45, 2.75) is 39.2 Å². The fraction of sp³-hybridized carbons (Fsp3) is 0.625. The highest BCUT2D eigenvalue weighted by Gasteiger charge is 2.23. The topological polar surface area (TPSA) is 47.3 Å². The standard InChI is InChI=1S/C16H26N2O/c1-16(2,11-17)10-14(18-3)12-6-7-15-13(9-12)5-4-8-19-15/h6-7,9,14,18H,4-5,8,10-11,17H2,1-3H3. The fourth-order valence-electron chi connectivity index (χ4n) is 2.62. The van der Waals surface area contributed by atoms with Gasteiger partial charge in [-0.3, -0.25) is 0 Å². The number of hydrogen-bond acceptors (Lipinski definition) is 3. The molecule has 1 aromatic carbocycles. The lowest BCUT2D eigenvalue weighted by atomic mass is 9.83. The second-order valence-corrected chi connectivity index (χ2v) is 6.23. The number of hydrogen-bond donors (Lipinski definition) is 2. The van der Waals surface area contributed by atoms with Crippen molar-refractivity contribution >= 4 is 0 Å². The first-order valence-electron chi connectivity index (χ1n) is 7.19. The van der Waals surface area contributed by atoms with Gasteiger partial charge in [-0.15, -0.1) is 0 Å². The van der Waals surface area contributed by atoms with Gasteiger partial charge in [0.1, 0.15) is 5.75 Å². The van der Waals surface area contributed by atoms with Gasteiger partial charge in [0, 0.05) is 6.04 Å². The molecule has 19 heavy (non-hydrogen) atoms. The summed E-state index contributed by atoms with van der Waals surface area (Å²) in [6, 6.07) is 6.94. The Kier molecular flexibility index (Phi) is 4.48. The number of benzene rings is 1. The van der Waals surface area contributed by atoms with Crippen molar-refractivity contribution in [2.75, 3.05) is 20.2 Å². The molecule has 0 radical (unpaired) electrons. The number of rotatable bonds is 5. The highest BCUT2D eigenvalue weighted by Crippen LogP contribution is 2.32. The maximum Gasteiger partial charge on any atom is 0.122 e. The molecule has 3 nitrogen and oxygen atoms in total. The lowest BCUT2D eigenvalue weighted by molar-refractivity contribution is 0.286. The third kappa shape index (κ3) is 3.48. The molecule has 106 valence electrons. The first-order valence-corrected chi connectivity index (χ1v) is 7.19. The summed E-state index contributed by atoms with van der Waals surface area (Å²) in [5.41, 5.74) is 8.69. The van der Waals surface area contributed by atoms with Crippen LogP contribution in [0.1, 0.15) is 43.9 Å². The van der Waals surface area contributed by atoms with Crippen LogP contribution in [0.25, 0.3) is 0 Å². The molecule has 1 aliphatic heterocycles. The van der Waals surface area contributed by atoms with Gasteiger partial charge in [-0.1, -0.05) is 26.0 Å². The van der Waals surface area contributed by atoms with Crippen molar-refractivity contribution < 1.29 is 4.74 Å². The molecule has 0 aromatic heterocycles. The first kappa shape index (κ1) is 14.4. The van der Waals surface area contributed by atoms with E-state index in [0.29, 0.717) is 12.6 Å². The Morgan fingerprint density at radius 1 is 1.42 bits per heavy atom. The average Bonchev–Trinajstić information content (AvgIpc) is 2.44. The van der Waals surface area contributed by atoms with Gasteiger partial charge in [-0.25, -0.2) is 0 Å². The van der Waals surface area contributed by atoms with E-state index in [2.05, 4.69) is 37.4 Å². The molecule has 2 rings (SSSR count). The number of ether oxygens (including phenoxy) is 1. The molecule has 3 N–H and O–H groups in total. The second kappa shape index (κ2) is 5.93. The molecule has 1 atom stereocenters. The van der Waals surface area contributed by atoms with E-state index in [-0.39, 0.29) is 5.41 Å². The Hall–Kier alpha value is -1.06. The summed E-state index contributed by atoms with van der Waals surface area (Å²) in [4.78, 5) is 0. The number of aryl methyl sites for hydroxylation is 1. The van der Waals surface area contributed by atoms with Gasteiger partial charge in [0.2, 0.25) is 0 Å². The molecule has 1 heterocycles. The first-order chi connectivity index (χ1) is 9.05. The predicted molar refractivity (Wildman–Crippen MR) is 79.5 cm³/mol. The number of nitrogens with two attached hydrogens (primary N) is 1. The average molecular weight is 262 g/mol. The summed E-state index contributed by atoms with van der Waals surface area (Å²) in [6.07, 6.45) is 3.29. The van der Waals surface area contributed by atoms with Gasteiger partial charge in [-0.05, 0) is 55.5 Å². The van der Waals surface area contributed by atoms with Crippen LogP contribution in [-0.4, -0.2) is 20.2 Å². The number of fused-ring (bicyclic) bond motifs is 1. The predicted octanol–water partition coefficient (Wildman–Crippen LogP) is 2.65. The van der Waals surface area contributed by atoms with Crippen LogP contribution in [0.2, 0.25) is 0 Å². The molecule has 0 saturated carbocycles. The Balaban J connectivity index is 2.19. The van der Waals surface area contributed by atoms with Crippen molar-refractivity contribution in [3.8, 4) is 5.75 Å². The fourth-order valence-corrected chi connectivity index (χ4v) is 2.62. The summed E-state index contributed by atoms with van der Waals surface area (Å²) >= 11 is 0. The summed E-state index contributed by atoms with van der Waals surface area (Å²) in [5, 5.41) is 3.42. The third-order valence-electron chi connectivity index (χ3n) is 3.99. The van der Waals surface area contributed by atoms with Crippen molar-refractivity contribution in [2.24, 2.45) is 11.1 Å². The molecule has 0 amide bonds. The minimum atomic E-state index is 0.153. The molecular formula is C16H26N2O. The van der Waals surface area contributed by atoms with Crippen LogP contribution in [-0.2, 0) is 6.42 Å². The highest BCUT2D eigenvalue weighted by atomic mass is 16.5. The molecule has 0 fully saturated rings. The van der Waals surface area contributed by atoms with E-state index in [1.165, 1.54) is 11.1 Å². The molecule has 0 saturated heterocycles. The smallest absolute Gasteiger partial charge is 0.122 e. The monoisotopic (exact) mass is 262 g/mol. The van der Waals surface area contributed by atoms with Gasteiger partial charge in [0.15, 0.2) is 0 Å². The quantitative estimate of drug-likeness (QED) is 0.857. The maximum atomic E-state index is 5.85. The van der Waals surface area contributed by atoms with E-state index in [4.69, 9.17) is 10.5 Å². The largest absolute Gasteiger partial charge is 0.493 e. The summed E-state index contributed by atoms with van der Waals surface area (Å²) in [7, 11) is 2.02. The van der Waals surface area contributed by atoms with E-state index in [1.54, 1.807) is 0 Å². The van der Waals surface area contributed by atoms with Crippen LogP contribution in [0.15, 0.2) is 18.2 Å². The molecule has 0 aliphatic carbocycles. The Morgan fingerprint density at radius 3 is 2.89 bits per heavy atom. The van der Waals surface area contributed by atoms with Gasteiger partial charge in [-0.2, -0.15) is 0 Å². The Labute approximate surface area is 116 Å². The molecule has 0 bridgehead atoms. The molecule has 1 aliphatic rings. The maximum absolute atomic E-state index is 5.85. The van der Waals surface area contributed by atoms with Crippen LogP contribution < -0.4 is 15.8 Å². The minimum absolute atomic E-state index is 0.153. The van der Waals surface area contributed by atoms with E-state index in [9.17, 15) is 0 Å². The summed E-state index contributed by atoms with van der Waals surface area (Å²) in [5.74, 6) is 1.06. The Morgan fingerprint density at radius 2 is 2.21 bits per heavy atom. The van der Waals surface area contributed by atoms with Gasteiger partial charge >= 0.3 is 0 Å². The van der Waals surface area contributed by atoms with Crippen molar-refractivity contribution in [1.29, 1.82) is 0 Å². The van der Waals surface area contributed by atoms with Crippen LogP contribution in [0.5, 0.6) is 5.75 Å². The van der Waals surface area contributed by atoms with Crippen LogP contribution >= 0.6 is 0 Å². The van der Waals surface area contributed by atoms with Crippen LogP contribution in [0.3, 0.4) is 0 Å². The lowest BCUT2D eigenvalue weighted by Gasteiger charge is -2.29. The van der Waals surface area contributed by atoms with Gasteiger partial charge in [0.25, 0.3) is 0 Å². The second-order valence-electron chi connectivity index (χ2n) is 6.23. The molecular weight excluding hydrogens is 236 g/mol. The van der Waals surface area contributed by atoms with Crippen LogP contribution in [0, 0.1) is 5.41 Å². The van der Waals surface area contributed by atoms with E-state index >= 15 is 0 Å². The molecule has 0 spiro atoms. The third-order valence-corrected chi connectivity index (χ3v) is 3.99. The summed E-state index contributed by atoms with van der Waals surface area (Å²) in [6.45, 7) is 6.00. The van der Waals surface area contributed by atoms with Gasteiger partial charge in [0.05, 0.1) is 6.61 Å². The van der Waals surface area contributed by atoms with Crippen molar-refractivity contribution in [3.05, 3.63) is 29.3 Å². The normalized spacial score (nSPS) is 16.6. The zero-order valence-electron chi connectivity index (χ0n) is 12.3. The van der Waals surface area contributed by atoms with Crippen molar-refractivity contribution in [3.63, 3.8) is 0 Å². The highest BCUT2D eigenvalue weighted by molar-refractivity contribution is 5.39. The molecule has 1 unspecified atom stereocenters. The summed E-state index contributed by atoms with van der Waals surface area (Å²) < 4.78 is 5.67. The van der Waals surface area contributed by atoms with Crippen molar-refractivity contribution in [1.82, 2.24) is 5.32 Å². The van der Waals surface area contributed by atoms with E-state index in [0.717, 1.165) is 31.6 Å². The van der Waals surface area contributed by atoms with Crippen LogP contribution in [0.4, 0.5) is 0 Å². The van der Waals surface area contributed by atoms with Gasteiger partial charge < -0.3 is 15.8 Å². The molecule has 3 heteroatoms. The lowest BCUT2D eigenvalue weighted by Crippen LogP contribution is -2.30. The SMILES string of the molecule is CNC(CC(C)(C)CN)c1ccc2c(c1)CCCO2. The van der Waals surface area contributed by atoms with E-state index in [1.807, 2.05) is 7.05 Å². The Bertz CT molecular complexity index is 429.